The second kappa shape index (κ2) is 14.9. The van der Waals surface area contributed by atoms with Crippen molar-refractivity contribution in [2.75, 3.05) is 31.1 Å². The number of nitrogens with one attached hydrogen (secondary N) is 2. The van der Waals surface area contributed by atoms with Crippen LogP contribution in [0.4, 0.5) is 5.69 Å². The highest BCUT2D eigenvalue weighted by atomic mass is 35.5. The van der Waals surface area contributed by atoms with Crippen LogP contribution < -0.4 is 20.3 Å². The minimum Gasteiger partial charge on any atom is -0.485 e. The number of nitrogens with zero attached hydrogens (tertiary/aromatic N) is 2. The fourth-order valence-electron chi connectivity index (χ4n) is 7.34. The van der Waals surface area contributed by atoms with Gasteiger partial charge in [-0.2, -0.15) is 0 Å². The van der Waals surface area contributed by atoms with Gasteiger partial charge in [0.15, 0.2) is 5.75 Å². The van der Waals surface area contributed by atoms with Crippen molar-refractivity contribution >= 4 is 69.5 Å². The van der Waals surface area contributed by atoms with E-state index in [2.05, 4.69) is 39.8 Å². The molecule has 0 unspecified atom stereocenters. The average molecular weight is 759 g/mol. The molecule has 1 amide bonds. The first kappa shape index (κ1) is 35.4. The first-order valence-electron chi connectivity index (χ1n) is 17.2. The minimum absolute atomic E-state index is 0.0630. The van der Waals surface area contributed by atoms with Gasteiger partial charge in [-0.1, -0.05) is 70.7 Å². The van der Waals surface area contributed by atoms with Crippen LogP contribution in [-0.4, -0.2) is 67.2 Å². The molecule has 3 aromatic rings. The van der Waals surface area contributed by atoms with E-state index in [1.807, 2.05) is 17.0 Å². The maximum absolute atomic E-state index is 14.5. The van der Waals surface area contributed by atoms with Gasteiger partial charge in [0.05, 0.1) is 32.7 Å². The number of carbonyl (C=O) groups excluding carboxylic acids is 2. The van der Waals surface area contributed by atoms with E-state index in [4.69, 9.17) is 55.9 Å². The normalized spacial score (nSPS) is 22.4. The second-order valence-electron chi connectivity index (χ2n) is 13.6. The number of hydrogen-bond acceptors (Lipinski definition) is 7. The monoisotopic (exact) mass is 756 g/mol. The van der Waals surface area contributed by atoms with Gasteiger partial charge in [0, 0.05) is 62.9 Å². The van der Waals surface area contributed by atoms with Crippen LogP contribution in [0.5, 0.6) is 5.75 Å². The summed E-state index contributed by atoms with van der Waals surface area (Å²) < 4.78 is 11.6. The zero-order chi connectivity index (χ0) is 35.1. The number of ether oxygens (including phenoxy) is 2. The van der Waals surface area contributed by atoms with E-state index in [1.54, 1.807) is 25.1 Å². The molecule has 264 valence electrons. The third kappa shape index (κ3) is 7.62. The SMILES string of the molecule is CC(=O)O[C@@H](C)c1cc(Cl)c(O[C@H]2CCN(c3ccc(C4=C(C(=O)N(Cc5cccc(Cl)c5Cl)C5CC5)[C@H]5CNC[C@@H](C4)N5)cc3)C2)c(Cl)c1. The Kier molecular flexibility index (Phi) is 10.6. The molecule has 8 nitrogen and oxygen atoms in total. The first-order chi connectivity index (χ1) is 24.0. The summed E-state index contributed by atoms with van der Waals surface area (Å²) in [6.07, 6.45) is 2.96. The lowest BCUT2D eigenvalue weighted by molar-refractivity contribution is -0.145. The molecule has 3 fully saturated rings. The lowest BCUT2D eigenvalue weighted by Crippen LogP contribution is -2.60. The fraction of sp³-hybridized carbons (Fsp3) is 0.421. The molecule has 4 atom stereocenters. The summed E-state index contributed by atoms with van der Waals surface area (Å²) in [5.74, 6) is 0.122. The zero-order valence-electron chi connectivity index (χ0n) is 28.0. The Labute approximate surface area is 313 Å². The van der Waals surface area contributed by atoms with E-state index in [0.717, 1.165) is 66.7 Å². The van der Waals surface area contributed by atoms with E-state index in [9.17, 15) is 9.59 Å². The average Bonchev–Trinajstić information content (AvgIpc) is 3.82. The first-order valence-corrected chi connectivity index (χ1v) is 18.7. The molecule has 0 spiro atoms. The van der Waals surface area contributed by atoms with E-state index in [-0.39, 0.29) is 36.1 Å². The molecular weight excluding hydrogens is 718 g/mol. The van der Waals surface area contributed by atoms with Gasteiger partial charge in [-0.25, -0.2) is 0 Å². The zero-order valence-corrected chi connectivity index (χ0v) is 31.0. The number of esters is 1. The predicted molar refractivity (Wildman–Crippen MR) is 199 cm³/mol. The molecule has 0 aromatic heterocycles. The quantitative estimate of drug-likeness (QED) is 0.204. The Morgan fingerprint density at radius 3 is 2.42 bits per heavy atom. The van der Waals surface area contributed by atoms with Crippen molar-refractivity contribution in [2.45, 2.75) is 76.4 Å². The van der Waals surface area contributed by atoms with Crippen molar-refractivity contribution in [3.8, 4) is 5.75 Å². The van der Waals surface area contributed by atoms with Crippen LogP contribution in [-0.2, 0) is 20.9 Å². The van der Waals surface area contributed by atoms with Crippen molar-refractivity contribution in [1.29, 1.82) is 0 Å². The van der Waals surface area contributed by atoms with E-state index >= 15 is 0 Å². The standard InChI is InChI=1S/C38H40Cl4N4O4/c1-21(49-22(2)47)25-14-32(40)37(33(41)15-25)50-29-12-13-45(20-29)27-8-6-23(7-9-27)30-16-26-17-43-18-34(44-26)35(30)38(48)46(28-10-11-28)19-24-4-3-5-31(39)36(24)42/h3-9,14-15,21,26,28-29,34,43-44H,10-13,16-20H2,1-2H3/t21-,26+,29-,34+/m0/s1. The molecule has 12 heteroatoms. The summed E-state index contributed by atoms with van der Waals surface area (Å²) in [6, 6.07) is 18.0. The summed E-state index contributed by atoms with van der Waals surface area (Å²) in [7, 11) is 0. The van der Waals surface area contributed by atoms with Crippen LogP contribution in [0.2, 0.25) is 20.1 Å². The molecule has 7 rings (SSSR count). The van der Waals surface area contributed by atoms with Gasteiger partial charge in [0.25, 0.3) is 5.91 Å². The molecular formula is C38H40Cl4N4O4. The summed E-state index contributed by atoms with van der Waals surface area (Å²) >= 11 is 26.1. The number of anilines is 1. The molecule has 2 N–H and O–H groups in total. The van der Waals surface area contributed by atoms with Crippen LogP contribution in [0.1, 0.15) is 62.3 Å². The maximum Gasteiger partial charge on any atom is 0.303 e. The highest BCUT2D eigenvalue weighted by Crippen LogP contribution is 2.40. The number of halogens is 4. The Balaban J connectivity index is 1.09. The molecule has 4 aliphatic rings. The van der Waals surface area contributed by atoms with E-state index in [1.165, 1.54) is 6.92 Å². The van der Waals surface area contributed by atoms with Crippen LogP contribution in [0.25, 0.3) is 5.57 Å². The molecule has 1 aliphatic carbocycles. The molecule has 2 saturated heterocycles. The third-order valence-corrected chi connectivity index (χ3v) is 11.4. The van der Waals surface area contributed by atoms with Gasteiger partial charge in [0.1, 0.15) is 12.2 Å². The molecule has 3 aliphatic heterocycles. The molecule has 3 aromatic carbocycles. The number of hydrogen-bond donors (Lipinski definition) is 2. The fourth-order valence-corrected chi connectivity index (χ4v) is 8.32. The van der Waals surface area contributed by atoms with Gasteiger partial charge in [0.2, 0.25) is 0 Å². The van der Waals surface area contributed by atoms with Gasteiger partial charge < -0.3 is 29.9 Å². The largest absolute Gasteiger partial charge is 0.485 e. The van der Waals surface area contributed by atoms with Gasteiger partial charge in [-0.3, -0.25) is 9.59 Å². The predicted octanol–water partition coefficient (Wildman–Crippen LogP) is 7.86. The third-order valence-electron chi connectivity index (χ3n) is 9.99. The maximum atomic E-state index is 14.5. The number of carbonyl (C=O) groups is 2. The Hall–Kier alpha value is -2.98. The second-order valence-corrected chi connectivity index (χ2v) is 15.2. The number of piperazine rings is 1. The molecule has 0 radical (unpaired) electrons. The summed E-state index contributed by atoms with van der Waals surface area (Å²) in [6.45, 7) is 6.62. The summed E-state index contributed by atoms with van der Waals surface area (Å²) in [4.78, 5) is 30.2. The Morgan fingerprint density at radius 1 is 0.980 bits per heavy atom. The summed E-state index contributed by atoms with van der Waals surface area (Å²) in [5.41, 5.74) is 5.66. The van der Waals surface area contributed by atoms with Crippen LogP contribution in [0.15, 0.2) is 60.2 Å². The van der Waals surface area contributed by atoms with Crippen molar-refractivity contribution in [3.63, 3.8) is 0 Å². The Morgan fingerprint density at radius 2 is 1.72 bits per heavy atom. The lowest BCUT2D eigenvalue weighted by atomic mass is 9.83. The van der Waals surface area contributed by atoms with Gasteiger partial charge in [-0.15, -0.1) is 0 Å². The van der Waals surface area contributed by atoms with Crippen LogP contribution >= 0.6 is 46.4 Å². The molecule has 1 saturated carbocycles. The Bertz CT molecular complexity index is 1790. The number of rotatable bonds is 10. The molecule has 50 heavy (non-hydrogen) atoms. The topological polar surface area (TPSA) is 83.1 Å². The number of amides is 1. The summed E-state index contributed by atoms with van der Waals surface area (Å²) in [5, 5.41) is 8.99. The number of benzene rings is 3. The van der Waals surface area contributed by atoms with Crippen molar-refractivity contribution in [1.82, 2.24) is 15.5 Å². The molecule has 2 bridgehead atoms. The highest BCUT2D eigenvalue weighted by molar-refractivity contribution is 6.42. The van der Waals surface area contributed by atoms with Crippen molar-refractivity contribution < 1.29 is 19.1 Å². The molecule has 3 heterocycles. The van der Waals surface area contributed by atoms with Crippen LogP contribution in [0.3, 0.4) is 0 Å². The van der Waals surface area contributed by atoms with Crippen LogP contribution in [0, 0.1) is 0 Å². The minimum atomic E-state index is -0.474. The lowest BCUT2D eigenvalue weighted by Gasteiger charge is -2.41. The van der Waals surface area contributed by atoms with Crippen molar-refractivity contribution in [2.24, 2.45) is 0 Å². The smallest absolute Gasteiger partial charge is 0.303 e. The highest BCUT2D eigenvalue weighted by Gasteiger charge is 2.41. The van der Waals surface area contributed by atoms with E-state index < -0.39 is 6.10 Å². The van der Waals surface area contributed by atoms with Crippen molar-refractivity contribution in [3.05, 3.63) is 97.0 Å². The van der Waals surface area contributed by atoms with Gasteiger partial charge in [-0.05, 0) is 78.8 Å². The van der Waals surface area contributed by atoms with Gasteiger partial charge >= 0.3 is 5.97 Å². The van der Waals surface area contributed by atoms with E-state index in [0.29, 0.717) is 51.0 Å². The number of fused-ring (bicyclic) bond motifs is 2.